The van der Waals surface area contributed by atoms with Crippen LogP contribution in [0, 0.1) is 0 Å². The molecule has 5 atom stereocenters. The minimum atomic E-state index is -2.02. The maximum atomic E-state index is 12.5. The van der Waals surface area contributed by atoms with E-state index in [4.69, 9.17) is 23.7 Å². The first-order valence-corrected chi connectivity index (χ1v) is 11.9. The van der Waals surface area contributed by atoms with Gasteiger partial charge in [0.25, 0.3) is 5.79 Å². The molecule has 40 heavy (non-hydrogen) atoms. The average Bonchev–Trinajstić information content (AvgIpc) is 3.26. The molecule has 2 aliphatic rings. The Labute approximate surface area is 227 Å². The molecule has 2 aromatic rings. The van der Waals surface area contributed by atoms with Crippen LogP contribution in [0.3, 0.4) is 0 Å². The molecule has 5 N–H and O–H groups in total. The smallest absolute Gasteiger partial charge is 0.366 e. The summed E-state index contributed by atoms with van der Waals surface area (Å²) in [6.45, 7) is -0.435. The first-order valence-electron chi connectivity index (χ1n) is 11.9. The number of rotatable bonds is 8. The Morgan fingerprint density at radius 2 is 1.48 bits per heavy atom. The van der Waals surface area contributed by atoms with Gasteiger partial charge in [-0.3, -0.25) is 0 Å². The van der Waals surface area contributed by atoms with Gasteiger partial charge >= 0.3 is 17.9 Å². The highest BCUT2D eigenvalue weighted by Gasteiger charge is 2.63. The van der Waals surface area contributed by atoms with Crippen molar-refractivity contribution in [1.29, 1.82) is 0 Å². The number of ether oxygens (including phenoxy) is 5. The number of esters is 3. The molecule has 2 aliphatic heterocycles. The van der Waals surface area contributed by atoms with Gasteiger partial charge < -0.3 is 49.2 Å². The number of carbonyl (C=O) groups is 3. The van der Waals surface area contributed by atoms with Gasteiger partial charge in [0, 0.05) is 12.2 Å². The number of hydrogen-bond donors (Lipinski definition) is 5. The van der Waals surface area contributed by atoms with Gasteiger partial charge in [-0.2, -0.15) is 0 Å². The molecular weight excluding hydrogens is 532 g/mol. The molecule has 0 radical (unpaired) electrons. The van der Waals surface area contributed by atoms with Crippen molar-refractivity contribution in [2.45, 2.75) is 36.6 Å². The number of aliphatic hydroxyl groups excluding tert-OH is 1. The van der Waals surface area contributed by atoms with Crippen molar-refractivity contribution >= 4 is 30.1 Å². The summed E-state index contributed by atoms with van der Waals surface area (Å²) in [7, 11) is 1.10. The van der Waals surface area contributed by atoms with E-state index in [-0.39, 0.29) is 23.0 Å². The van der Waals surface area contributed by atoms with Crippen molar-refractivity contribution < 1.29 is 63.6 Å². The monoisotopic (exact) mass is 558 g/mol. The van der Waals surface area contributed by atoms with Crippen LogP contribution in [0.1, 0.15) is 17.5 Å². The zero-order valence-corrected chi connectivity index (χ0v) is 21.0. The molecule has 4 rings (SSSR count). The Kier molecular flexibility index (Phi) is 8.28. The third kappa shape index (κ3) is 6.17. The third-order valence-corrected chi connectivity index (χ3v) is 6.20. The summed E-state index contributed by atoms with van der Waals surface area (Å²) in [5.41, 5.74) is 0.789. The first-order chi connectivity index (χ1) is 19.0. The first kappa shape index (κ1) is 28.4. The van der Waals surface area contributed by atoms with E-state index in [9.17, 15) is 39.9 Å². The summed E-state index contributed by atoms with van der Waals surface area (Å²) in [5.74, 6) is -6.06. The van der Waals surface area contributed by atoms with Crippen molar-refractivity contribution in [3.8, 4) is 23.0 Å². The van der Waals surface area contributed by atoms with Crippen molar-refractivity contribution in [2.75, 3.05) is 13.7 Å². The number of aliphatic hydroxyl groups is 1. The summed E-state index contributed by atoms with van der Waals surface area (Å²) < 4.78 is 26.7. The van der Waals surface area contributed by atoms with Crippen molar-refractivity contribution in [3.05, 3.63) is 59.7 Å². The van der Waals surface area contributed by atoms with E-state index in [0.717, 1.165) is 19.3 Å². The fourth-order valence-electron chi connectivity index (χ4n) is 4.21. The van der Waals surface area contributed by atoms with Crippen molar-refractivity contribution in [3.63, 3.8) is 0 Å². The van der Waals surface area contributed by atoms with Crippen LogP contribution in [0.25, 0.3) is 12.2 Å². The molecular formula is C27H26O13. The van der Waals surface area contributed by atoms with Gasteiger partial charge in [0.2, 0.25) is 0 Å². The topological polar surface area (TPSA) is 199 Å². The quantitative estimate of drug-likeness (QED) is 0.134. The normalized spacial score (nSPS) is 25.6. The molecule has 2 heterocycles. The van der Waals surface area contributed by atoms with Crippen molar-refractivity contribution in [1.82, 2.24) is 0 Å². The van der Waals surface area contributed by atoms with E-state index in [2.05, 4.69) is 0 Å². The molecule has 13 nitrogen and oxygen atoms in total. The average molecular weight is 558 g/mol. The van der Waals surface area contributed by atoms with Crippen LogP contribution in [0.5, 0.6) is 23.0 Å². The van der Waals surface area contributed by atoms with E-state index < -0.39 is 61.1 Å². The summed E-state index contributed by atoms with van der Waals surface area (Å²) in [4.78, 5) is 37.2. The predicted octanol–water partition coefficient (Wildman–Crippen LogP) is 1.11. The zero-order valence-electron chi connectivity index (χ0n) is 21.0. The van der Waals surface area contributed by atoms with Gasteiger partial charge in [-0.1, -0.05) is 12.1 Å². The van der Waals surface area contributed by atoms with Crippen LogP contribution in [-0.4, -0.2) is 87.4 Å². The molecule has 0 spiro atoms. The van der Waals surface area contributed by atoms with Gasteiger partial charge in [-0.15, -0.1) is 0 Å². The molecule has 2 bridgehead atoms. The van der Waals surface area contributed by atoms with E-state index in [1.807, 2.05) is 0 Å². The second kappa shape index (κ2) is 11.7. The summed E-state index contributed by atoms with van der Waals surface area (Å²) in [6, 6.07) is 7.83. The number of phenols is 4. The lowest BCUT2D eigenvalue weighted by Crippen LogP contribution is -2.55. The molecule has 0 aromatic heterocycles. The van der Waals surface area contributed by atoms with Crippen LogP contribution in [0.15, 0.2) is 48.6 Å². The molecule has 13 heteroatoms. The van der Waals surface area contributed by atoms with E-state index in [0.29, 0.717) is 11.1 Å². The number of aromatic hydroxyl groups is 4. The molecule has 212 valence electrons. The Balaban J connectivity index is 1.41. The molecule has 2 saturated heterocycles. The van der Waals surface area contributed by atoms with Crippen LogP contribution in [0.4, 0.5) is 0 Å². The van der Waals surface area contributed by atoms with Gasteiger partial charge in [-0.05, 0) is 47.5 Å². The second-order valence-corrected chi connectivity index (χ2v) is 8.95. The van der Waals surface area contributed by atoms with Gasteiger partial charge in [-0.25, -0.2) is 14.4 Å². The van der Waals surface area contributed by atoms with Crippen molar-refractivity contribution in [2.24, 2.45) is 0 Å². The number of phenolic OH excluding ortho intramolecular Hbond substituents is 4. The number of benzene rings is 2. The van der Waals surface area contributed by atoms with E-state index in [1.54, 1.807) is 0 Å². The van der Waals surface area contributed by atoms with E-state index in [1.165, 1.54) is 48.6 Å². The van der Waals surface area contributed by atoms with E-state index >= 15 is 0 Å². The number of carbonyl (C=O) groups excluding carboxylic acids is 3. The highest BCUT2D eigenvalue weighted by molar-refractivity contribution is 5.88. The molecule has 2 aromatic carbocycles. The SMILES string of the molecule is COC(=O)[C@]12C[C@@H](OC(=O)/C=C/c3ccc(O)c(O)c3)[C@@H](O)[C@H](O1)[C@@H](COC(=O)/C=C/c1ccc(O)c(O)c1)O2. The fraction of sp³-hybridized carbons (Fsp3) is 0.296. The summed E-state index contributed by atoms with van der Waals surface area (Å²) in [6.07, 6.45) is -0.751. The summed E-state index contributed by atoms with van der Waals surface area (Å²) >= 11 is 0. The number of methoxy groups -OCH3 is 1. The zero-order chi connectivity index (χ0) is 29.0. The summed E-state index contributed by atoms with van der Waals surface area (Å²) in [5, 5.41) is 48.7. The predicted molar refractivity (Wildman–Crippen MR) is 134 cm³/mol. The molecule has 0 unspecified atom stereocenters. The van der Waals surface area contributed by atoms with Crippen LogP contribution in [-0.2, 0) is 38.1 Å². The maximum absolute atomic E-state index is 12.5. The van der Waals surface area contributed by atoms with Gasteiger partial charge in [0.05, 0.1) is 13.5 Å². The Bertz CT molecular complexity index is 1350. The Morgan fingerprint density at radius 3 is 2.02 bits per heavy atom. The lowest BCUT2D eigenvalue weighted by Gasteiger charge is -2.36. The Hall–Kier alpha value is -4.59. The van der Waals surface area contributed by atoms with Crippen LogP contribution >= 0.6 is 0 Å². The molecule has 0 aliphatic carbocycles. The molecule has 0 saturated carbocycles. The fourth-order valence-corrected chi connectivity index (χ4v) is 4.21. The Morgan fingerprint density at radius 1 is 0.900 bits per heavy atom. The van der Waals surface area contributed by atoms with Gasteiger partial charge in [0.15, 0.2) is 23.0 Å². The molecule has 0 amide bonds. The van der Waals surface area contributed by atoms with Crippen LogP contribution in [0.2, 0.25) is 0 Å². The lowest BCUT2D eigenvalue weighted by molar-refractivity contribution is -0.249. The number of fused-ring (bicyclic) bond motifs is 2. The molecule has 2 fully saturated rings. The highest BCUT2D eigenvalue weighted by atomic mass is 16.8. The third-order valence-electron chi connectivity index (χ3n) is 6.20. The highest BCUT2D eigenvalue weighted by Crippen LogP contribution is 2.42. The minimum absolute atomic E-state index is 0.319. The largest absolute Gasteiger partial charge is 0.504 e. The standard InChI is InChI=1S/C27H26O13/c1-36-26(35)27-12-20(38-23(33)9-5-15-3-7-17(29)19(31)11-15)24(34)25(40-27)21(39-27)13-37-22(32)8-4-14-2-6-16(28)18(30)10-14/h2-11,20-21,24-25,28-31,34H,12-13H2,1H3/b8-4+,9-5+/t20-,21-,24-,25-,27+/m1/s1. The minimum Gasteiger partial charge on any atom is -0.504 e. The second-order valence-electron chi connectivity index (χ2n) is 8.95. The maximum Gasteiger partial charge on any atom is 0.366 e. The lowest BCUT2D eigenvalue weighted by atomic mass is 9.95. The number of hydrogen-bond acceptors (Lipinski definition) is 13. The van der Waals surface area contributed by atoms with Gasteiger partial charge in [0.1, 0.15) is 31.0 Å². The van der Waals surface area contributed by atoms with Crippen LogP contribution < -0.4 is 0 Å².